The number of carbonyl (C=O) groups excluding carboxylic acids is 3. The van der Waals surface area contributed by atoms with Gasteiger partial charge in [-0.2, -0.15) is 0 Å². The molecule has 30 heavy (non-hydrogen) atoms. The van der Waals surface area contributed by atoms with Gasteiger partial charge < -0.3 is 9.47 Å². The molecule has 0 saturated carbocycles. The molecule has 8 heteroatoms. The van der Waals surface area contributed by atoms with E-state index in [9.17, 15) is 18.8 Å². The third kappa shape index (κ3) is 4.32. The summed E-state index contributed by atoms with van der Waals surface area (Å²) in [7, 11) is 1.49. The lowest BCUT2D eigenvalue weighted by Crippen LogP contribution is -2.54. The van der Waals surface area contributed by atoms with Crippen LogP contribution < -0.4 is 19.7 Å². The number of anilines is 1. The monoisotopic (exact) mass is 412 g/mol. The van der Waals surface area contributed by atoms with E-state index in [4.69, 9.17) is 9.47 Å². The van der Waals surface area contributed by atoms with Crippen molar-refractivity contribution in [3.05, 3.63) is 59.4 Å². The molecule has 156 valence electrons. The van der Waals surface area contributed by atoms with E-state index in [1.165, 1.54) is 25.3 Å². The second-order valence-corrected chi connectivity index (χ2v) is 6.68. The van der Waals surface area contributed by atoms with Crippen molar-refractivity contribution in [1.29, 1.82) is 0 Å². The number of hydrogen-bond donors (Lipinski definition) is 1. The quantitative estimate of drug-likeness (QED) is 0.578. The van der Waals surface area contributed by atoms with Crippen molar-refractivity contribution in [2.24, 2.45) is 0 Å². The number of halogens is 1. The average Bonchev–Trinajstić information content (AvgIpc) is 2.73. The molecule has 7 nitrogen and oxygen atoms in total. The fraction of sp³-hybridized carbons (Fsp3) is 0.227. The van der Waals surface area contributed by atoms with Gasteiger partial charge in [-0.15, -0.1) is 0 Å². The summed E-state index contributed by atoms with van der Waals surface area (Å²) < 4.78 is 24.3. The minimum Gasteiger partial charge on any atom is -0.493 e. The van der Waals surface area contributed by atoms with Crippen LogP contribution in [0.25, 0.3) is 6.08 Å². The Balaban J connectivity index is 1.95. The maximum Gasteiger partial charge on any atom is 0.335 e. The SMILES string of the molecule is CCC(C)Oc1ccc(/C=C2\C(=O)NC(=O)N(c3ccc(F)cc3)C2=O)cc1OC. The van der Waals surface area contributed by atoms with Crippen LogP contribution in [0.15, 0.2) is 48.0 Å². The highest BCUT2D eigenvalue weighted by Crippen LogP contribution is 2.31. The molecule has 1 heterocycles. The van der Waals surface area contributed by atoms with Crippen LogP contribution in [-0.4, -0.2) is 31.1 Å². The van der Waals surface area contributed by atoms with Crippen LogP contribution in [0.1, 0.15) is 25.8 Å². The van der Waals surface area contributed by atoms with Gasteiger partial charge in [-0.3, -0.25) is 14.9 Å². The lowest BCUT2D eigenvalue weighted by molar-refractivity contribution is -0.122. The molecular weight excluding hydrogens is 391 g/mol. The smallest absolute Gasteiger partial charge is 0.335 e. The third-order valence-electron chi connectivity index (χ3n) is 4.59. The first-order valence-corrected chi connectivity index (χ1v) is 9.35. The van der Waals surface area contributed by atoms with Gasteiger partial charge in [0, 0.05) is 0 Å². The Morgan fingerprint density at radius 1 is 1.10 bits per heavy atom. The molecule has 1 aliphatic heterocycles. The van der Waals surface area contributed by atoms with Crippen LogP contribution in [0.5, 0.6) is 11.5 Å². The Kier molecular flexibility index (Phi) is 6.15. The van der Waals surface area contributed by atoms with Crippen molar-refractivity contribution in [3.63, 3.8) is 0 Å². The number of barbiturate groups is 1. The van der Waals surface area contributed by atoms with E-state index in [0.29, 0.717) is 17.1 Å². The van der Waals surface area contributed by atoms with Crippen molar-refractivity contribution in [1.82, 2.24) is 5.32 Å². The van der Waals surface area contributed by atoms with Gasteiger partial charge in [-0.1, -0.05) is 13.0 Å². The molecule has 2 aromatic carbocycles. The van der Waals surface area contributed by atoms with Crippen LogP contribution in [0, 0.1) is 5.82 Å². The standard InChI is InChI=1S/C22H21FN2O5/c1-4-13(2)30-18-10-5-14(12-19(18)29-3)11-17-20(26)24-22(28)25(21(17)27)16-8-6-15(23)7-9-16/h5-13H,4H2,1-3H3,(H,24,26,28)/b17-11+. The highest BCUT2D eigenvalue weighted by molar-refractivity contribution is 6.39. The van der Waals surface area contributed by atoms with Gasteiger partial charge in [-0.05, 0) is 61.4 Å². The fourth-order valence-corrected chi connectivity index (χ4v) is 2.82. The molecule has 1 N–H and O–H groups in total. The van der Waals surface area contributed by atoms with Gasteiger partial charge in [0.05, 0.1) is 18.9 Å². The largest absolute Gasteiger partial charge is 0.493 e. The second kappa shape index (κ2) is 8.77. The number of ether oxygens (including phenoxy) is 2. The average molecular weight is 412 g/mol. The summed E-state index contributed by atoms with van der Waals surface area (Å²) in [5, 5.41) is 2.13. The number of methoxy groups -OCH3 is 1. The number of imide groups is 2. The molecule has 0 aromatic heterocycles. The Labute approximate surface area is 173 Å². The molecule has 1 unspecified atom stereocenters. The van der Waals surface area contributed by atoms with Crippen LogP contribution in [0.3, 0.4) is 0 Å². The summed E-state index contributed by atoms with van der Waals surface area (Å²) >= 11 is 0. The summed E-state index contributed by atoms with van der Waals surface area (Å²) in [4.78, 5) is 38.1. The van der Waals surface area contributed by atoms with E-state index in [0.717, 1.165) is 23.5 Å². The topological polar surface area (TPSA) is 84.9 Å². The first kappa shape index (κ1) is 21.0. The number of nitrogens with zero attached hydrogens (tertiary/aromatic N) is 1. The molecular formula is C22H21FN2O5. The Bertz CT molecular complexity index is 1020. The normalized spacial score (nSPS) is 16.5. The van der Waals surface area contributed by atoms with E-state index in [-0.39, 0.29) is 17.4 Å². The second-order valence-electron chi connectivity index (χ2n) is 6.68. The van der Waals surface area contributed by atoms with Gasteiger partial charge in [0.15, 0.2) is 11.5 Å². The van der Waals surface area contributed by atoms with E-state index < -0.39 is 23.7 Å². The zero-order valence-electron chi connectivity index (χ0n) is 16.8. The number of nitrogens with one attached hydrogen (secondary N) is 1. The molecule has 1 aliphatic rings. The molecule has 2 aromatic rings. The van der Waals surface area contributed by atoms with E-state index in [1.807, 2.05) is 13.8 Å². The van der Waals surface area contributed by atoms with Gasteiger partial charge >= 0.3 is 6.03 Å². The molecule has 3 rings (SSSR count). The number of urea groups is 1. The first-order valence-electron chi connectivity index (χ1n) is 9.35. The van der Waals surface area contributed by atoms with E-state index in [1.54, 1.807) is 18.2 Å². The van der Waals surface area contributed by atoms with Gasteiger partial charge in [0.25, 0.3) is 11.8 Å². The Hall–Kier alpha value is -3.68. The van der Waals surface area contributed by atoms with E-state index >= 15 is 0 Å². The molecule has 1 atom stereocenters. The Morgan fingerprint density at radius 2 is 1.80 bits per heavy atom. The number of carbonyl (C=O) groups is 3. The maximum absolute atomic E-state index is 13.2. The van der Waals surface area contributed by atoms with Crippen molar-refractivity contribution in [2.75, 3.05) is 12.0 Å². The molecule has 0 radical (unpaired) electrons. The molecule has 0 aliphatic carbocycles. The maximum atomic E-state index is 13.2. The van der Waals surface area contributed by atoms with Crippen LogP contribution in [0.4, 0.5) is 14.9 Å². The molecule has 0 bridgehead atoms. The van der Waals surface area contributed by atoms with Crippen LogP contribution in [-0.2, 0) is 9.59 Å². The molecule has 4 amide bonds. The van der Waals surface area contributed by atoms with Gasteiger partial charge in [-0.25, -0.2) is 14.1 Å². The zero-order chi connectivity index (χ0) is 21.8. The molecule has 1 saturated heterocycles. The number of amides is 4. The highest BCUT2D eigenvalue weighted by Gasteiger charge is 2.36. The molecule has 1 fully saturated rings. The van der Waals surface area contributed by atoms with Crippen molar-refractivity contribution in [3.8, 4) is 11.5 Å². The van der Waals surface area contributed by atoms with Gasteiger partial charge in [0.1, 0.15) is 11.4 Å². The summed E-state index contributed by atoms with van der Waals surface area (Å²) in [5.41, 5.74) is 0.416. The third-order valence-corrected chi connectivity index (χ3v) is 4.59. The lowest BCUT2D eigenvalue weighted by Gasteiger charge is -2.26. The first-order chi connectivity index (χ1) is 14.3. The predicted octanol–water partition coefficient (Wildman–Crippen LogP) is 3.68. The minimum atomic E-state index is -0.899. The molecule has 0 spiro atoms. The Morgan fingerprint density at radius 3 is 2.43 bits per heavy atom. The predicted molar refractivity (Wildman–Crippen MR) is 109 cm³/mol. The van der Waals surface area contributed by atoms with E-state index in [2.05, 4.69) is 5.32 Å². The van der Waals surface area contributed by atoms with Crippen molar-refractivity contribution in [2.45, 2.75) is 26.4 Å². The number of hydrogen-bond acceptors (Lipinski definition) is 5. The summed E-state index contributed by atoms with van der Waals surface area (Å²) in [6, 6.07) is 8.90. The van der Waals surface area contributed by atoms with Crippen LogP contribution >= 0.6 is 0 Å². The van der Waals surface area contributed by atoms with Crippen molar-refractivity contribution < 1.29 is 28.2 Å². The zero-order valence-corrected chi connectivity index (χ0v) is 16.8. The van der Waals surface area contributed by atoms with Crippen LogP contribution in [0.2, 0.25) is 0 Å². The number of rotatable bonds is 6. The fourth-order valence-electron chi connectivity index (χ4n) is 2.82. The minimum absolute atomic E-state index is 0.0101. The summed E-state index contributed by atoms with van der Waals surface area (Å²) in [6.07, 6.45) is 2.16. The summed E-state index contributed by atoms with van der Waals surface area (Å²) in [6.45, 7) is 3.93. The number of benzene rings is 2. The highest BCUT2D eigenvalue weighted by atomic mass is 19.1. The van der Waals surface area contributed by atoms with Gasteiger partial charge in [0.2, 0.25) is 0 Å². The van der Waals surface area contributed by atoms with Crippen molar-refractivity contribution >= 4 is 29.6 Å². The lowest BCUT2D eigenvalue weighted by atomic mass is 10.1. The summed E-state index contributed by atoms with van der Waals surface area (Å²) in [5.74, 6) is -1.16.